The molecule has 1 N–H and O–H groups in total. The molecule has 0 aliphatic carbocycles. The first-order valence-electron chi connectivity index (χ1n) is 6.25. The van der Waals surface area contributed by atoms with Crippen LogP contribution in [-0.2, 0) is 4.74 Å². The molecule has 3 heteroatoms. The normalized spacial score (nSPS) is 13.0. The van der Waals surface area contributed by atoms with E-state index in [0.29, 0.717) is 0 Å². The van der Waals surface area contributed by atoms with Gasteiger partial charge in [-0.05, 0) is 44.5 Å². The van der Waals surface area contributed by atoms with Gasteiger partial charge in [-0.3, -0.25) is 0 Å². The summed E-state index contributed by atoms with van der Waals surface area (Å²) in [4.78, 5) is 0. The quantitative estimate of drug-likeness (QED) is 0.771. The molecule has 1 unspecified atom stereocenters. The first kappa shape index (κ1) is 14.7. The van der Waals surface area contributed by atoms with Gasteiger partial charge in [0.15, 0.2) is 0 Å². The number of ether oxygens (including phenoxy) is 1. The number of nitrogens with one attached hydrogen (secondary N) is 1. The molecule has 2 nitrogen and oxygen atoms in total. The molecule has 17 heavy (non-hydrogen) atoms. The van der Waals surface area contributed by atoms with Gasteiger partial charge in [0.25, 0.3) is 0 Å². The molecule has 0 radical (unpaired) electrons. The fourth-order valence-electron chi connectivity index (χ4n) is 1.69. The second-order valence-corrected chi connectivity index (χ2v) is 5.35. The predicted molar refractivity (Wildman–Crippen MR) is 76.3 cm³/mol. The van der Waals surface area contributed by atoms with E-state index in [4.69, 9.17) is 4.74 Å². The van der Waals surface area contributed by atoms with E-state index in [9.17, 15) is 0 Å². The molecule has 0 bridgehead atoms. The second kappa shape index (κ2) is 7.85. The van der Waals surface area contributed by atoms with Crippen LogP contribution in [0.3, 0.4) is 0 Å². The molecular formula is C14H22BrNO. The molecule has 1 aromatic rings. The van der Waals surface area contributed by atoms with Gasteiger partial charge in [0.05, 0.1) is 12.2 Å². The minimum Gasteiger partial charge on any atom is -0.370 e. The zero-order valence-electron chi connectivity index (χ0n) is 10.9. The van der Waals surface area contributed by atoms with Crippen molar-refractivity contribution in [1.82, 2.24) is 5.32 Å². The van der Waals surface area contributed by atoms with E-state index in [2.05, 4.69) is 60.2 Å². The molecule has 0 heterocycles. The number of hydrogen-bond acceptors (Lipinski definition) is 2. The lowest BCUT2D eigenvalue weighted by atomic mass is 10.1. The Morgan fingerprint density at radius 1 is 1.35 bits per heavy atom. The van der Waals surface area contributed by atoms with Crippen LogP contribution in [0.5, 0.6) is 0 Å². The lowest BCUT2D eigenvalue weighted by Gasteiger charge is -2.21. The molecule has 0 saturated heterocycles. The highest BCUT2D eigenvalue weighted by molar-refractivity contribution is 9.10. The summed E-state index contributed by atoms with van der Waals surface area (Å²) in [6, 6.07) is 8.33. The van der Waals surface area contributed by atoms with Gasteiger partial charge >= 0.3 is 0 Å². The van der Waals surface area contributed by atoms with Crippen LogP contribution in [-0.4, -0.2) is 19.2 Å². The van der Waals surface area contributed by atoms with Crippen molar-refractivity contribution in [3.63, 3.8) is 0 Å². The minimum atomic E-state index is 0.124. The fraction of sp³-hybridized carbons (Fsp3) is 0.571. The van der Waals surface area contributed by atoms with E-state index in [1.165, 1.54) is 5.56 Å². The van der Waals surface area contributed by atoms with Gasteiger partial charge in [-0.15, -0.1) is 0 Å². The van der Waals surface area contributed by atoms with Gasteiger partial charge in [0.2, 0.25) is 0 Å². The van der Waals surface area contributed by atoms with E-state index in [1.807, 2.05) is 6.07 Å². The fourth-order valence-corrected chi connectivity index (χ4v) is 2.11. The Hall–Kier alpha value is -0.380. The molecule has 0 amide bonds. The number of rotatable bonds is 7. The summed E-state index contributed by atoms with van der Waals surface area (Å²) < 4.78 is 7.05. The average Bonchev–Trinajstić information content (AvgIpc) is 2.27. The zero-order chi connectivity index (χ0) is 12.7. The van der Waals surface area contributed by atoms with Crippen molar-refractivity contribution in [2.75, 3.05) is 13.1 Å². The first-order chi connectivity index (χ1) is 8.13. The van der Waals surface area contributed by atoms with Gasteiger partial charge in [0, 0.05) is 11.0 Å². The average molecular weight is 300 g/mol. The number of hydrogen-bond donors (Lipinski definition) is 1. The molecule has 0 aromatic heterocycles. The maximum Gasteiger partial charge on any atom is 0.0953 e. The molecule has 0 spiro atoms. The summed E-state index contributed by atoms with van der Waals surface area (Å²) in [6.07, 6.45) is 1.51. The molecule has 1 aromatic carbocycles. The van der Waals surface area contributed by atoms with E-state index in [1.54, 1.807) is 0 Å². The summed E-state index contributed by atoms with van der Waals surface area (Å²) in [5.41, 5.74) is 1.22. The minimum absolute atomic E-state index is 0.124. The van der Waals surface area contributed by atoms with Gasteiger partial charge < -0.3 is 10.1 Å². The molecule has 1 rings (SSSR count). The summed E-state index contributed by atoms with van der Waals surface area (Å²) in [6.45, 7) is 8.22. The summed E-state index contributed by atoms with van der Waals surface area (Å²) in [5, 5.41) is 3.42. The van der Waals surface area contributed by atoms with Crippen LogP contribution in [0, 0.1) is 0 Å². The van der Waals surface area contributed by atoms with Crippen molar-refractivity contribution in [3.8, 4) is 0 Å². The monoisotopic (exact) mass is 299 g/mol. The van der Waals surface area contributed by atoms with Crippen LogP contribution in [0.2, 0.25) is 0 Å². The van der Waals surface area contributed by atoms with Crippen molar-refractivity contribution in [2.24, 2.45) is 0 Å². The highest BCUT2D eigenvalue weighted by atomic mass is 79.9. The SMILES string of the molecule is CCCNCC(OC(C)C)c1cccc(Br)c1. The summed E-state index contributed by atoms with van der Waals surface area (Å²) in [7, 11) is 0. The lowest BCUT2D eigenvalue weighted by Crippen LogP contribution is -2.25. The third-order valence-corrected chi connectivity index (χ3v) is 2.91. The van der Waals surface area contributed by atoms with Gasteiger partial charge in [-0.1, -0.05) is 35.0 Å². The third-order valence-electron chi connectivity index (χ3n) is 2.41. The topological polar surface area (TPSA) is 21.3 Å². The third kappa shape index (κ3) is 5.66. The zero-order valence-corrected chi connectivity index (χ0v) is 12.5. The van der Waals surface area contributed by atoms with Crippen molar-refractivity contribution in [1.29, 1.82) is 0 Å². The molecular weight excluding hydrogens is 278 g/mol. The molecule has 0 aliphatic heterocycles. The van der Waals surface area contributed by atoms with Crippen molar-refractivity contribution >= 4 is 15.9 Å². The Labute approximate surface area is 113 Å². The highest BCUT2D eigenvalue weighted by Crippen LogP contribution is 2.22. The predicted octanol–water partition coefficient (Wildman–Crippen LogP) is 3.91. The highest BCUT2D eigenvalue weighted by Gasteiger charge is 2.13. The van der Waals surface area contributed by atoms with E-state index < -0.39 is 0 Å². The first-order valence-corrected chi connectivity index (χ1v) is 7.04. The Bertz CT molecular complexity index is 328. The van der Waals surface area contributed by atoms with Gasteiger partial charge in [0.1, 0.15) is 0 Å². The lowest BCUT2D eigenvalue weighted by molar-refractivity contribution is 0.00721. The molecule has 1 atom stereocenters. The Morgan fingerprint density at radius 2 is 2.12 bits per heavy atom. The van der Waals surface area contributed by atoms with Crippen molar-refractivity contribution < 1.29 is 4.74 Å². The van der Waals surface area contributed by atoms with Crippen LogP contribution in [0.4, 0.5) is 0 Å². The standard InChI is InChI=1S/C14H22BrNO/c1-4-8-16-10-14(17-11(2)3)12-6-5-7-13(15)9-12/h5-7,9,11,14,16H,4,8,10H2,1-3H3. The second-order valence-electron chi connectivity index (χ2n) is 4.43. The maximum absolute atomic E-state index is 5.95. The van der Waals surface area contributed by atoms with Crippen LogP contribution >= 0.6 is 15.9 Å². The molecule has 0 fully saturated rings. The van der Waals surface area contributed by atoms with Crippen LogP contribution in [0.25, 0.3) is 0 Å². The Kier molecular flexibility index (Phi) is 6.78. The van der Waals surface area contributed by atoms with Gasteiger partial charge in [-0.25, -0.2) is 0 Å². The van der Waals surface area contributed by atoms with E-state index >= 15 is 0 Å². The molecule has 96 valence electrons. The van der Waals surface area contributed by atoms with Gasteiger partial charge in [-0.2, -0.15) is 0 Å². The molecule has 0 aliphatic rings. The molecule has 0 saturated carbocycles. The summed E-state index contributed by atoms with van der Waals surface area (Å²) >= 11 is 3.50. The van der Waals surface area contributed by atoms with E-state index in [0.717, 1.165) is 24.0 Å². The number of benzene rings is 1. The van der Waals surface area contributed by atoms with E-state index in [-0.39, 0.29) is 12.2 Å². The van der Waals surface area contributed by atoms with Crippen molar-refractivity contribution in [2.45, 2.75) is 39.4 Å². The summed E-state index contributed by atoms with van der Waals surface area (Å²) in [5.74, 6) is 0. The largest absolute Gasteiger partial charge is 0.370 e. The number of halogens is 1. The van der Waals surface area contributed by atoms with Crippen LogP contribution < -0.4 is 5.32 Å². The Morgan fingerprint density at radius 3 is 2.71 bits per heavy atom. The maximum atomic E-state index is 5.95. The van der Waals surface area contributed by atoms with Crippen LogP contribution in [0.1, 0.15) is 38.9 Å². The van der Waals surface area contributed by atoms with Crippen LogP contribution in [0.15, 0.2) is 28.7 Å². The Balaban J connectivity index is 2.67. The van der Waals surface area contributed by atoms with Crippen molar-refractivity contribution in [3.05, 3.63) is 34.3 Å². The smallest absolute Gasteiger partial charge is 0.0953 e.